The number of carboxylic acid groups (broad SMARTS) is 1. The van der Waals surface area contributed by atoms with E-state index >= 15 is 0 Å². The number of aliphatic carboxylic acids is 1. The Morgan fingerprint density at radius 2 is 2.00 bits per heavy atom. The SMILES string of the molecule is O=C(O)[C@@]1(NCc2ccccc2)CN2CCC1CC2. The van der Waals surface area contributed by atoms with E-state index in [0.717, 1.165) is 31.5 Å². The van der Waals surface area contributed by atoms with Crippen molar-refractivity contribution in [2.75, 3.05) is 19.6 Å². The molecule has 4 nitrogen and oxygen atoms in total. The van der Waals surface area contributed by atoms with Gasteiger partial charge in [-0.1, -0.05) is 30.3 Å². The van der Waals surface area contributed by atoms with Crippen LogP contribution in [0, 0.1) is 5.92 Å². The molecule has 3 saturated heterocycles. The number of carbonyl (C=O) groups is 1. The Morgan fingerprint density at radius 3 is 2.53 bits per heavy atom. The van der Waals surface area contributed by atoms with Crippen LogP contribution < -0.4 is 5.32 Å². The third-order valence-corrected chi connectivity index (χ3v) is 4.59. The first-order chi connectivity index (χ1) is 9.21. The van der Waals surface area contributed by atoms with Crippen molar-refractivity contribution in [3.63, 3.8) is 0 Å². The first-order valence-electron chi connectivity index (χ1n) is 6.95. The third kappa shape index (κ3) is 2.26. The Labute approximate surface area is 113 Å². The maximum Gasteiger partial charge on any atom is 0.325 e. The second-order valence-electron chi connectivity index (χ2n) is 5.67. The number of nitrogens with zero attached hydrogens (tertiary/aromatic N) is 1. The van der Waals surface area contributed by atoms with Gasteiger partial charge < -0.3 is 10.0 Å². The van der Waals surface area contributed by atoms with Gasteiger partial charge in [0.1, 0.15) is 5.54 Å². The molecule has 3 heterocycles. The Balaban J connectivity index is 1.76. The van der Waals surface area contributed by atoms with Gasteiger partial charge in [0.2, 0.25) is 0 Å². The van der Waals surface area contributed by atoms with Crippen molar-refractivity contribution >= 4 is 5.97 Å². The Kier molecular flexibility index (Phi) is 3.29. The van der Waals surface area contributed by atoms with Gasteiger partial charge in [0.25, 0.3) is 0 Å². The van der Waals surface area contributed by atoms with Crippen LogP contribution in [-0.2, 0) is 11.3 Å². The van der Waals surface area contributed by atoms with Gasteiger partial charge in [0, 0.05) is 13.1 Å². The van der Waals surface area contributed by atoms with Crippen LogP contribution in [0.3, 0.4) is 0 Å². The van der Waals surface area contributed by atoms with E-state index in [0.29, 0.717) is 13.1 Å². The van der Waals surface area contributed by atoms with Gasteiger partial charge in [-0.25, -0.2) is 0 Å². The molecule has 3 aliphatic rings. The molecule has 102 valence electrons. The Hall–Kier alpha value is -1.39. The zero-order valence-corrected chi connectivity index (χ0v) is 11.0. The van der Waals surface area contributed by atoms with E-state index < -0.39 is 11.5 Å². The molecule has 2 bridgehead atoms. The number of hydrogen-bond acceptors (Lipinski definition) is 3. The lowest BCUT2D eigenvalue weighted by Crippen LogP contribution is -2.69. The summed E-state index contributed by atoms with van der Waals surface area (Å²) in [6.45, 7) is 3.36. The van der Waals surface area contributed by atoms with Crippen LogP contribution in [0.2, 0.25) is 0 Å². The Bertz CT molecular complexity index is 454. The van der Waals surface area contributed by atoms with E-state index in [4.69, 9.17) is 0 Å². The lowest BCUT2D eigenvalue weighted by atomic mass is 9.72. The van der Waals surface area contributed by atoms with Crippen molar-refractivity contribution in [3.05, 3.63) is 35.9 Å². The number of hydrogen-bond donors (Lipinski definition) is 2. The van der Waals surface area contributed by atoms with E-state index in [2.05, 4.69) is 10.2 Å². The standard InChI is InChI=1S/C15H20N2O2/c18-14(19)15(11-17-8-6-13(15)7-9-17)16-10-12-4-2-1-3-5-12/h1-5,13,16H,6-11H2,(H,18,19)/t15-/m1/s1. The lowest BCUT2D eigenvalue weighted by Gasteiger charge is -2.51. The summed E-state index contributed by atoms with van der Waals surface area (Å²) < 4.78 is 0. The quantitative estimate of drug-likeness (QED) is 0.857. The van der Waals surface area contributed by atoms with Crippen LogP contribution >= 0.6 is 0 Å². The summed E-state index contributed by atoms with van der Waals surface area (Å²) in [6.07, 6.45) is 1.99. The topological polar surface area (TPSA) is 52.6 Å². The maximum absolute atomic E-state index is 11.8. The summed E-state index contributed by atoms with van der Waals surface area (Å²) in [5, 5.41) is 13.0. The molecular formula is C15H20N2O2. The van der Waals surface area contributed by atoms with Gasteiger partial charge >= 0.3 is 5.97 Å². The molecule has 4 heteroatoms. The van der Waals surface area contributed by atoms with Crippen molar-refractivity contribution in [1.82, 2.24) is 10.2 Å². The van der Waals surface area contributed by atoms with E-state index in [1.165, 1.54) is 0 Å². The fourth-order valence-corrected chi connectivity index (χ4v) is 3.44. The third-order valence-electron chi connectivity index (χ3n) is 4.59. The van der Waals surface area contributed by atoms with Gasteiger partial charge in [-0.15, -0.1) is 0 Å². The highest BCUT2D eigenvalue weighted by molar-refractivity contribution is 5.80. The van der Waals surface area contributed by atoms with Crippen LogP contribution in [0.4, 0.5) is 0 Å². The van der Waals surface area contributed by atoms with Gasteiger partial charge in [-0.2, -0.15) is 0 Å². The van der Waals surface area contributed by atoms with E-state index in [9.17, 15) is 9.90 Å². The first-order valence-corrected chi connectivity index (χ1v) is 6.95. The van der Waals surface area contributed by atoms with Crippen molar-refractivity contribution in [1.29, 1.82) is 0 Å². The second-order valence-corrected chi connectivity index (χ2v) is 5.67. The molecule has 0 aliphatic carbocycles. The number of rotatable bonds is 4. The highest BCUT2D eigenvalue weighted by atomic mass is 16.4. The maximum atomic E-state index is 11.8. The van der Waals surface area contributed by atoms with Crippen molar-refractivity contribution in [2.45, 2.75) is 24.9 Å². The fourth-order valence-electron chi connectivity index (χ4n) is 3.44. The van der Waals surface area contributed by atoms with Crippen molar-refractivity contribution in [2.24, 2.45) is 5.92 Å². The molecular weight excluding hydrogens is 240 g/mol. The molecule has 0 radical (unpaired) electrons. The van der Waals surface area contributed by atoms with Crippen molar-refractivity contribution in [3.8, 4) is 0 Å². The van der Waals surface area contributed by atoms with E-state index in [1.54, 1.807) is 0 Å². The second kappa shape index (κ2) is 4.94. The average Bonchev–Trinajstić information content (AvgIpc) is 2.47. The van der Waals surface area contributed by atoms with Crippen molar-refractivity contribution < 1.29 is 9.90 Å². The summed E-state index contributed by atoms with van der Waals surface area (Å²) in [5.41, 5.74) is 0.381. The van der Waals surface area contributed by atoms with Crippen LogP contribution in [0.1, 0.15) is 18.4 Å². The largest absolute Gasteiger partial charge is 0.480 e. The highest BCUT2D eigenvalue weighted by Crippen LogP contribution is 2.36. The minimum Gasteiger partial charge on any atom is -0.480 e. The number of fused-ring (bicyclic) bond motifs is 3. The van der Waals surface area contributed by atoms with Gasteiger partial charge in [0.05, 0.1) is 0 Å². The molecule has 19 heavy (non-hydrogen) atoms. The molecule has 0 aromatic heterocycles. The normalized spacial score (nSPS) is 33.3. The summed E-state index contributed by atoms with van der Waals surface area (Å²) in [7, 11) is 0. The molecule has 0 saturated carbocycles. The van der Waals surface area contributed by atoms with Crippen LogP contribution in [-0.4, -0.2) is 41.1 Å². The monoisotopic (exact) mass is 260 g/mol. The molecule has 0 unspecified atom stereocenters. The average molecular weight is 260 g/mol. The molecule has 1 atom stereocenters. The summed E-state index contributed by atoms with van der Waals surface area (Å²) in [5.74, 6) is -0.434. The fraction of sp³-hybridized carbons (Fsp3) is 0.533. The molecule has 1 aromatic rings. The smallest absolute Gasteiger partial charge is 0.325 e. The van der Waals surface area contributed by atoms with Crippen LogP contribution in [0.25, 0.3) is 0 Å². The minimum atomic E-state index is -0.758. The number of benzene rings is 1. The molecule has 4 rings (SSSR count). The molecule has 3 fully saturated rings. The highest BCUT2D eigenvalue weighted by Gasteiger charge is 2.51. The molecule has 3 aliphatic heterocycles. The Morgan fingerprint density at radius 1 is 1.32 bits per heavy atom. The molecule has 2 N–H and O–H groups in total. The summed E-state index contributed by atoms with van der Waals surface area (Å²) in [6, 6.07) is 10.0. The van der Waals surface area contributed by atoms with E-state index in [1.807, 2.05) is 30.3 Å². The minimum absolute atomic E-state index is 0.263. The van der Waals surface area contributed by atoms with E-state index in [-0.39, 0.29) is 5.92 Å². The van der Waals surface area contributed by atoms with Gasteiger partial charge in [0.15, 0.2) is 0 Å². The number of carboxylic acids is 1. The molecule has 0 spiro atoms. The predicted molar refractivity (Wildman–Crippen MR) is 72.8 cm³/mol. The molecule has 0 amide bonds. The molecule has 1 aromatic carbocycles. The lowest BCUT2D eigenvalue weighted by molar-refractivity contribution is -0.154. The van der Waals surface area contributed by atoms with Crippen LogP contribution in [0.5, 0.6) is 0 Å². The predicted octanol–water partition coefficient (Wildman–Crippen LogP) is 1.33. The summed E-state index contributed by atoms with van der Waals surface area (Å²) >= 11 is 0. The zero-order chi connectivity index (χ0) is 13.3. The van der Waals surface area contributed by atoms with Gasteiger partial charge in [-0.05, 0) is 37.4 Å². The number of nitrogens with one attached hydrogen (secondary N) is 1. The zero-order valence-electron chi connectivity index (χ0n) is 11.0. The first kappa shape index (κ1) is 12.6. The summed E-state index contributed by atoms with van der Waals surface area (Å²) in [4.78, 5) is 14.1. The number of piperidine rings is 3. The van der Waals surface area contributed by atoms with Crippen LogP contribution in [0.15, 0.2) is 30.3 Å². The van der Waals surface area contributed by atoms with Gasteiger partial charge in [-0.3, -0.25) is 10.1 Å².